The Balaban J connectivity index is 2.42. The van der Waals surface area contributed by atoms with Crippen molar-refractivity contribution in [3.8, 4) is 0 Å². The summed E-state index contributed by atoms with van der Waals surface area (Å²) in [6, 6.07) is 8.04. The molecule has 7 heteroatoms. The Labute approximate surface area is 132 Å². The second-order valence-electron chi connectivity index (χ2n) is 5.06. The molecule has 0 aliphatic heterocycles. The maximum atomic E-state index is 12.6. The van der Waals surface area contributed by atoms with Crippen molar-refractivity contribution in [2.45, 2.75) is 0 Å². The molecule has 0 radical (unpaired) electrons. The topological polar surface area (TPSA) is 96.3 Å². The summed E-state index contributed by atoms with van der Waals surface area (Å²) < 4.78 is 0. The van der Waals surface area contributed by atoms with Gasteiger partial charge in [0.15, 0.2) is 5.78 Å². The van der Waals surface area contributed by atoms with Gasteiger partial charge in [-0.05, 0) is 24.3 Å². The van der Waals surface area contributed by atoms with E-state index in [4.69, 9.17) is 0 Å². The summed E-state index contributed by atoms with van der Waals surface area (Å²) in [7, 11) is 3.63. The van der Waals surface area contributed by atoms with Crippen molar-refractivity contribution >= 4 is 17.5 Å². The Morgan fingerprint density at radius 3 is 2.39 bits per heavy atom. The number of nitro groups is 1. The molecule has 118 valence electrons. The molecule has 0 atom stereocenters. The third-order valence-electron chi connectivity index (χ3n) is 3.07. The van der Waals surface area contributed by atoms with Crippen molar-refractivity contribution in [2.24, 2.45) is 0 Å². The molecule has 0 amide bonds. The van der Waals surface area contributed by atoms with Crippen LogP contribution in [-0.4, -0.2) is 34.7 Å². The summed E-state index contributed by atoms with van der Waals surface area (Å²) >= 11 is 0. The van der Waals surface area contributed by atoms with Gasteiger partial charge in [-0.15, -0.1) is 0 Å². The number of carbonyl (C=O) groups is 1. The lowest BCUT2D eigenvalue weighted by Crippen LogP contribution is -2.12. The molecular weight excluding hydrogens is 298 g/mol. The number of hydrogen-bond acceptors (Lipinski definition) is 5. The zero-order valence-electron chi connectivity index (χ0n) is 12.6. The highest BCUT2D eigenvalue weighted by Gasteiger charge is 2.15. The van der Waals surface area contributed by atoms with Gasteiger partial charge in [-0.2, -0.15) is 0 Å². The monoisotopic (exact) mass is 313 g/mol. The Hall–Kier alpha value is -3.22. The fraction of sp³-hybridized carbons (Fsp3) is 0.125. The molecule has 0 unspecified atom stereocenters. The van der Waals surface area contributed by atoms with Crippen LogP contribution < -0.4 is 5.56 Å². The van der Waals surface area contributed by atoms with E-state index in [0.717, 1.165) is 0 Å². The van der Waals surface area contributed by atoms with E-state index in [9.17, 15) is 19.7 Å². The number of nitro benzene ring substituents is 1. The lowest BCUT2D eigenvalue weighted by molar-refractivity contribution is -0.384. The van der Waals surface area contributed by atoms with Gasteiger partial charge in [-0.1, -0.05) is 0 Å². The molecule has 2 rings (SSSR count). The number of aromatic amines is 1. The second-order valence-corrected chi connectivity index (χ2v) is 5.06. The summed E-state index contributed by atoms with van der Waals surface area (Å²) in [5, 5.41) is 10.7. The molecule has 0 aliphatic carbocycles. The SMILES string of the molecule is CN(C)/C=C/c1[nH]c(=O)ccc1C(=O)c1ccc([N+](=O)[O-])cc1. The Kier molecular flexibility index (Phi) is 4.70. The van der Waals surface area contributed by atoms with E-state index in [0.29, 0.717) is 16.8 Å². The van der Waals surface area contributed by atoms with E-state index in [1.54, 1.807) is 17.2 Å². The summed E-state index contributed by atoms with van der Waals surface area (Å²) in [5.41, 5.74) is 0.604. The van der Waals surface area contributed by atoms with Crippen LogP contribution in [0.15, 0.2) is 47.4 Å². The molecule has 1 heterocycles. The van der Waals surface area contributed by atoms with Crippen molar-refractivity contribution in [3.63, 3.8) is 0 Å². The van der Waals surface area contributed by atoms with Crippen LogP contribution in [0.1, 0.15) is 21.6 Å². The molecular formula is C16H15N3O4. The molecule has 0 saturated heterocycles. The van der Waals surface area contributed by atoms with Crippen molar-refractivity contribution < 1.29 is 9.72 Å². The minimum absolute atomic E-state index is 0.0873. The average molecular weight is 313 g/mol. The number of pyridine rings is 1. The Bertz CT molecular complexity index is 820. The molecule has 23 heavy (non-hydrogen) atoms. The van der Waals surface area contributed by atoms with Crippen molar-refractivity contribution in [3.05, 3.63) is 79.9 Å². The average Bonchev–Trinajstić information content (AvgIpc) is 2.52. The van der Waals surface area contributed by atoms with Gasteiger partial charge in [-0.3, -0.25) is 19.7 Å². The largest absolute Gasteiger partial charge is 0.383 e. The molecule has 0 spiro atoms. The van der Waals surface area contributed by atoms with Gasteiger partial charge in [-0.25, -0.2) is 0 Å². The first-order valence-electron chi connectivity index (χ1n) is 6.75. The van der Waals surface area contributed by atoms with Crippen LogP contribution in [0.3, 0.4) is 0 Å². The fourth-order valence-corrected chi connectivity index (χ4v) is 1.93. The second kappa shape index (κ2) is 6.69. The number of H-pyrrole nitrogens is 1. The summed E-state index contributed by atoms with van der Waals surface area (Å²) in [6.45, 7) is 0. The number of nitrogens with one attached hydrogen (secondary N) is 1. The predicted molar refractivity (Wildman–Crippen MR) is 86.3 cm³/mol. The quantitative estimate of drug-likeness (QED) is 0.517. The van der Waals surface area contributed by atoms with Gasteiger partial charge in [0.05, 0.1) is 10.6 Å². The maximum absolute atomic E-state index is 12.6. The highest BCUT2D eigenvalue weighted by molar-refractivity contribution is 6.10. The number of nitrogens with zero attached hydrogens (tertiary/aromatic N) is 2. The van der Waals surface area contributed by atoms with Crippen LogP contribution in [0.5, 0.6) is 0 Å². The molecule has 0 saturated carbocycles. The summed E-state index contributed by atoms with van der Waals surface area (Å²) in [6.07, 6.45) is 3.33. The number of non-ortho nitro benzene ring substituents is 1. The number of rotatable bonds is 5. The molecule has 0 bridgehead atoms. The van der Waals surface area contributed by atoms with E-state index in [2.05, 4.69) is 4.98 Å². The van der Waals surface area contributed by atoms with Crippen LogP contribution in [0, 0.1) is 10.1 Å². The van der Waals surface area contributed by atoms with Gasteiger partial charge < -0.3 is 9.88 Å². The van der Waals surface area contributed by atoms with Crippen LogP contribution in [0.25, 0.3) is 6.08 Å². The first kappa shape index (κ1) is 16.2. The van der Waals surface area contributed by atoms with E-state index < -0.39 is 4.92 Å². The lowest BCUT2D eigenvalue weighted by atomic mass is 10.0. The summed E-state index contributed by atoms with van der Waals surface area (Å²) in [4.78, 5) is 38.6. The molecule has 1 aromatic heterocycles. The smallest absolute Gasteiger partial charge is 0.269 e. The van der Waals surface area contributed by atoms with Crippen LogP contribution in [0.2, 0.25) is 0 Å². The van der Waals surface area contributed by atoms with Crippen LogP contribution in [-0.2, 0) is 0 Å². The third kappa shape index (κ3) is 3.91. The van der Waals surface area contributed by atoms with E-state index in [1.807, 2.05) is 14.1 Å². The zero-order chi connectivity index (χ0) is 17.0. The fourth-order valence-electron chi connectivity index (χ4n) is 1.93. The molecule has 1 N–H and O–H groups in total. The van der Waals surface area contributed by atoms with Crippen LogP contribution >= 0.6 is 0 Å². The van der Waals surface area contributed by atoms with Gasteiger partial charge >= 0.3 is 0 Å². The number of ketones is 1. The van der Waals surface area contributed by atoms with Crippen LogP contribution in [0.4, 0.5) is 5.69 Å². The van der Waals surface area contributed by atoms with E-state index in [1.165, 1.54) is 36.4 Å². The van der Waals surface area contributed by atoms with E-state index >= 15 is 0 Å². The minimum atomic E-state index is -0.528. The van der Waals surface area contributed by atoms with E-state index in [-0.39, 0.29) is 17.0 Å². The van der Waals surface area contributed by atoms with Gasteiger partial charge in [0.25, 0.3) is 5.69 Å². The van der Waals surface area contributed by atoms with Gasteiger partial charge in [0.2, 0.25) is 5.56 Å². The highest BCUT2D eigenvalue weighted by Crippen LogP contribution is 2.17. The molecule has 0 aliphatic rings. The number of hydrogen-bond donors (Lipinski definition) is 1. The normalized spacial score (nSPS) is 10.7. The predicted octanol–water partition coefficient (Wildman–Crippen LogP) is 2.05. The Morgan fingerprint density at radius 1 is 1.17 bits per heavy atom. The van der Waals surface area contributed by atoms with Crippen molar-refractivity contribution in [2.75, 3.05) is 14.1 Å². The minimum Gasteiger partial charge on any atom is -0.383 e. The molecule has 2 aromatic rings. The van der Waals surface area contributed by atoms with Gasteiger partial charge in [0.1, 0.15) is 0 Å². The van der Waals surface area contributed by atoms with Gasteiger partial charge in [0, 0.05) is 49.6 Å². The highest BCUT2D eigenvalue weighted by atomic mass is 16.6. The number of benzene rings is 1. The summed E-state index contributed by atoms with van der Waals surface area (Å²) in [5.74, 6) is -0.324. The lowest BCUT2D eigenvalue weighted by Gasteiger charge is -2.07. The number of aromatic nitrogens is 1. The Morgan fingerprint density at radius 2 is 1.83 bits per heavy atom. The maximum Gasteiger partial charge on any atom is 0.269 e. The number of carbonyl (C=O) groups excluding carboxylic acids is 1. The molecule has 7 nitrogen and oxygen atoms in total. The zero-order valence-corrected chi connectivity index (χ0v) is 12.6. The standard InChI is InChI=1S/C16H15N3O4/c1-18(2)10-9-14-13(7-8-15(20)17-14)16(21)11-3-5-12(6-4-11)19(22)23/h3-10H,1-2H3,(H,17,20)/b10-9+. The van der Waals surface area contributed by atoms with Crippen molar-refractivity contribution in [1.29, 1.82) is 0 Å². The van der Waals surface area contributed by atoms with Crippen molar-refractivity contribution in [1.82, 2.24) is 9.88 Å². The molecule has 0 fully saturated rings. The molecule has 1 aromatic carbocycles. The third-order valence-corrected chi connectivity index (χ3v) is 3.07. The first-order chi connectivity index (χ1) is 10.9. The first-order valence-corrected chi connectivity index (χ1v) is 6.75.